The molecule has 1 heterocycles. The van der Waals surface area contributed by atoms with E-state index >= 15 is 0 Å². The van der Waals surface area contributed by atoms with Crippen molar-refractivity contribution in [2.75, 3.05) is 12.4 Å². The fraction of sp³-hybridized carbons (Fsp3) is 0.167. The van der Waals surface area contributed by atoms with E-state index in [0.717, 1.165) is 26.9 Å². The summed E-state index contributed by atoms with van der Waals surface area (Å²) in [4.78, 5) is 1.30. The molecule has 0 bridgehead atoms. The fourth-order valence-corrected chi connectivity index (χ4v) is 3.36. The van der Waals surface area contributed by atoms with Gasteiger partial charge < -0.3 is 10.1 Å². The average Bonchev–Trinajstić information content (AvgIpc) is 2.81. The maximum Gasteiger partial charge on any atom is 0.135 e. The number of thiophene rings is 1. The Bertz CT molecular complexity index is 499. The van der Waals surface area contributed by atoms with Gasteiger partial charge in [0.1, 0.15) is 5.75 Å². The Labute approximate surface area is 121 Å². The number of ether oxygens (including phenoxy) is 1. The summed E-state index contributed by atoms with van der Waals surface area (Å²) in [6.45, 7) is 0.820. The lowest BCUT2D eigenvalue weighted by Gasteiger charge is -2.11. The van der Waals surface area contributed by atoms with E-state index in [1.165, 1.54) is 4.88 Å². The summed E-state index contributed by atoms with van der Waals surface area (Å²) >= 11 is 8.72. The van der Waals surface area contributed by atoms with Crippen LogP contribution in [0.25, 0.3) is 0 Å². The standard InChI is InChI=1S/C12H11Br2NOS/c1-16-12-6-11(9(13)5-10(12)14)15-7-8-3-2-4-17-8/h2-6,15H,7H2,1H3. The van der Waals surface area contributed by atoms with Gasteiger partial charge in [-0.05, 0) is 49.4 Å². The highest BCUT2D eigenvalue weighted by atomic mass is 79.9. The van der Waals surface area contributed by atoms with Crippen LogP contribution in [0.4, 0.5) is 5.69 Å². The maximum absolute atomic E-state index is 5.27. The van der Waals surface area contributed by atoms with Gasteiger partial charge in [0, 0.05) is 22.0 Å². The minimum atomic E-state index is 0.820. The fourth-order valence-electron chi connectivity index (χ4n) is 1.42. The Morgan fingerprint density at radius 3 is 2.76 bits per heavy atom. The number of hydrogen-bond acceptors (Lipinski definition) is 3. The number of halogens is 2. The molecule has 0 radical (unpaired) electrons. The van der Waals surface area contributed by atoms with Crippen LogP contribution in [0.3, 0.4) is 0 Å². The van der Waals surface area contributed by atoms with Crippen molar-refractivity contribution >= 4 is 48.9 Å². The van der Waals surface area contributed by atoms with Crippen molar-refractivity contribution in [1.82, 2.24) is 0 Å². The van der Waals surface area contributed by atoms with E-state index in [1.807, 2.05) is 12.1 Å². The Kier molecular flexibility index (Phi) is 4.48. The molecule has 1 aromatic carbocycles. The summed E-state index contributed by atoms with van der Waals surface area (Å²) in [5.41, 5.74) is 1.03. The molecule has 1 aromatic heterocycles. The third kappa shape index (κ3) is 3.24. The van der Waals surface area contributed by atoms with Gasteiger partial charge in [0.05, 0.1) is 17.3 Å². The van der Waals surface area contributed by atoms with Crippen molar-refractivity contribution in [2.24, 2.45) is 0 Å². The van der Waals surface area contributed by atoms with E-state index in [-0.39, 0.29) is 0 Å². The van der Waals surface area contributed by atoms with E-state index in [2.05, 4.69) is 54.7 Å². The molecule has 0 aliphatic carbocycles. The lowest BCUT2D eigenvalue weighted by atomic mass is 10.3. The van der Waals surface area contributed by atoms with Crippen LogP contribution in [-0.4, -0.2) is 7.11 Å². The molecule has 2 rings (SSSR count). The minimum Gasteiger partial charge on any atom is -0.495 e. The Morgan fingerprint density at radius 1 is 1.29 bits per heavy atom. The lowest BCUT2D eigenvalue weighted by molar-refractivity contribution is 0.412. The third-order valence-electron chi connectivity index (χ3n) is 2.27. The van der Waals surface area contributed by atoms with Crippen LogP contribution in [-0.2, 0) is 6.54 Å². The molecule has 0 fully saturated rings. The Hall–Kier alpha value is -0.520. The Balaban J connectivity index is 2.15. The molecule has 90 valence electrons. The number of methoxy groups -OCH3 is 1. The molecular formula is C12H11Br2NOS. The van der Waals surface area contributed by atoms with Gasteiger partial charge in [-0.1, -0.05) is 6.07 Å². The van der Waals surface area contributed by atoms with E-state index in [0.29, 0.717) is 0 Å². The SMILES string of the molecule is COc1cc(NCc2cccs2)c(Br)cc1Br. The smallest absolute Gasteiger partial charge is 0.135 e. The Morgan fingerprint density at radius 2 is 2.12 bits per heavy atom. The van der Waals surface area contributed by atoms with Crippen molar-refractivity contribution in [3.05, 3.63) is 43.5 Å². The summed E-state index contributed by atoms with van der Waals surface area (Å²) in [7, 11) is 1.66. The first-order chi connectivity index (χ1) is 8.20. The second kappa shape index (κ2) is 5.89. The van der Waals surface area contributed by atoms with Gasteiger partial charge in [0.2, 0.25) is 0 Å². The zero-order valence-corrected chi connectivity index (χ0v) is 13.2. The van der Waals surface area contributed by atoms with Crippen LogP contribution in [0.1, 0.15) is 4.88 Å². The van der Waals surface area contributed by atoms with Crippen LogP contribution >= 0.6 is 43.2 Å². The predicted octanol–water partition coefficient (Wildman–Crippen LogP) is 4.89. The van der Waals surface area contributed by atoms with Gasteiger partial charge in [-0.2, -0.15) is 0 Å². The molecule has 0 aliphatic heterocycles. The quantitative estimate of drug-likeness (QED) is 0.819. The summed E-state index contributed by atoms with van der Waals surface area (Å²) in [6.07, 6.45) is 0. The van der Waals surface area contributed by atoms with Crippen LogP contribution < -0.4 is 10.1 Å². The van der Waals surface area contributed by atoms with E-state index in [4.69, 9.17) is 4.74 Å². The third-order valence-corrected chi connectivity index (χ3v) is 4.43. The van der Waals surface area contributed by atoms with E-state index in [9.17, 15) is 0 Å². The van der Waals surface area contributed by atoms with Crippen LogP contribution in [0.15, 0.2) is 38.6 Å². The molecule has 0 saturated heterocycles. The monoisotopic (exact) mass is 375 g/mol. The number of rotatable bonds is 4. The highest BCUT2D eigenvalue weighted by Gasteiger charge is 2.07. The molecular weight excluding hydrogens is 366 g/mol. The van der Waals surface area contributed by atoms with E-state index in [1.54, 1.807) is 18.4 Å². The highest BCUT2D eigenvalue weighted by Crippen LogP contribution is 2.34. The zero-order chi connectivity index (χ0) is 12.3. The summed E-state index contributed by atoms with van der Waals surface area (Å²) in [5.74, 6) is 0.821. The predicted molar refractivity (Wildman–Crippen MR) is 80.0 cm³/mol. The number of benzene rings is 1. The lowest BCUT2D eigenvalue weighted by Crippen LogP contribution is -1.99. The molecule has 1 N–H and O–H groups in total. The number of anilines is 1. The van der Waals surface area contributed by atoms with Crippen molar-refractivity contribution in [1.29, 1.82) is 0 Å². The van der Waals surface area contributed by atoms with Crippen LogP contribution in [0, 0.1) is 0 Å². The highest BCUT2D eigenvalue weighted by molar-refractivity contribution is 9.11. The summed E-state index contributed by atoms with van der Waals surface area (Å²) in [5, 5.41) is 5.46. The van der Waals surface area contributed by atoms with Gasteiger partial charge in [-0.25, -0.2) is 0 Å². The molecule has 0 spiro atoms. The summed E-state index contributed by atoms with van der Waals surface area (Å²) in [6, 6.07) is 8.12. The first-order valence-electron chi connectivity index (χ1n) is 5.00. The van der Waals surface area contributed by atoms with Gasteiger partial charge in [0.25, 0.3) is 0 Å². The van der Waals surface area contributed by atoms with Crippen molar-refractivity contribution < 1.29 is 4.74 Å². The molecule has 0 aliphatic rings. The molecule has 0 unspecified atom stereocenters. The second-order valence-electron chi connectivity index (χ2n) is 3.40. The van der Waals surface area contributed by atoms with Gasteiger partial charge in [-0.3, -0.25) is 0 Å². The average molecular weight is 377 g/mol. The van der Waals surface area contributed by atoms with Crippen molar-refractivity contribution in [3.8, 4) is 5.75 Å². The summed E-state index contributed by atoms with van der Waals surface area (Å²) < 4.78 is 7.23. The maximum atomic E-state index is 5.27. The minimum absolute atomic E-state index is 0.820. The van der Waals surface area contributed by atoms with Gasteiger partial charge in [0.15, 0.2) is 0 Å². The van der Waals surface area contributed by atoms with Crippen LogP contribution in [0.2, 0.25) is 0 Å². The molecule has 2 aromatic rings. The molecule has 0 atom stereocenters. The first-order valence-corrected chi connectivity index (χ1v) is 7.46. The van der Waals surface area contributed by atoms with Crippen LogP contribution in [0.5, 0.6) is 5.75 Å². The second-order valence-corrected chi connectivity index (χ2v) is 6.14. The van der Waals surface area contributed by atoms with E-state index < -0.39 is 0 Å². The van der Waals surface area contributed by atoms with Gasteiger partial charge >= 0.3 is 0 Å². The largest absolute Gasteiger partial charge is 0.495 e. The zero-order valence-electron chi connectivity index (χ0n) is 9.17. The van der Waals surface area contributed by atoms with Crippen molar-refractivity contribution in [2.45, 2.75) is 6.54 Å². The molecule has 17 heavy (non-hydrogen) atoms. The normalized spacial score (nSPS) is 10.3. The molecule has 0 amide bonds. The molecule has 5 heteroatoms. The topological polar surface area (TPSA) is 21.3 Å². The van der Waals surface area contributed by atoms with Gasteiger partial charge in [-0.15, -0.1) is 11.3 Å². The number of hydrogen-bond donors (Lipinski definition) is 1. The molecule has 0 saturated carbocycles. The first kappa shape index (κ1) is 12.9. The van der Waals surface area contributed by atoms with Crippen molar-refractivity contribution in [3.63, 3.8) is 0 Å². The number of nitrogens with one attached hydrogen (secondary N) is 1. The molecule has 2 nitrogen and oxygen atoms in total.